The number of halogens is 2. The first-order chi connectivity index (χ1) is 12.5. The molecule has 0 saturated heterocycles. The second-order valence-corrected chi connectivity index (χ2v) is 6.49. The molecule has 2 unspecified atom stereocenters. The van der Waals surface area contributed by atoms with Crippen LogP contribution in [0.3, 0.4) is 0 Å². The fourth-order valence-electron chi connectivity index (χ4n) is 3.14. The van der Waals surface area contributed by atoms with Crippen LogP contribution in [0.4, 0.5) is 8.78 Å². The van der Waals surface area contributed by atoms with Crippen LogP contribution in [-0.2, 0) is 6.54 Å². The van der Waals surface area contributed by atoms with Crippen molar-refractivity contribution in [3.05, 3.63) is 65.2 Å². The second-order valence-electron chi connectivity index (χ2n) is 6.49. The molecule has 2 aromatic rings. The Kier molecular flexibility index (Phi) is 5.40. The van der Waals surface area contributed by atoms with Crippen LogP contribution in [0.5, 0.6) is 5.75 Å². The van der Waals surface area contributed by atoms with Gasteiger partial charge in [0, 0.05) is 32.6 Å². The van der Waals surface area contributed by atoms with Crippen LogP contribution in [0, 0.1) is 11.6 Å². The van der Waals surface area contributed by atoms with E-state index in [0.29, 0.717) is 12.5 Å². The Morgan fingerprint density at radius 3 is 2.65 bits per heavy atom. The van der Waals surface area contributed by atoms with Crippen molar-refractivity contribution < 1.29 is 13.5 Å². The van der Waals surface area contributed by atoms with Gasteiger partial charge in [-0.2, -0.15) is 0 Å². The maximum absolute atomic E-state index is 13.9. The molecule has 1 N–H and O–H groups in total. The lowest BCUT2D eigenvalue weighted by Gasteiger charge is -2.22. The molecule has 1 saturated carbocycles. The molecule has 0 bridgehead atoms. The standard InChI is InChI=1S/C20H23F2N3O/c1-23-20(24-18-11-15(18)14-6-4-5-7-16(14)21)25(2)12-13-8-9-19(26-3)17(22)10-13/h4-10,15,18H,11-12H2,1-3H3,(H,23,24). The van der Waals surface area contributed by atoms with Crippen molar-refractivity contribution in [3.8, 4) is 5.75 Å². The topological polar surface area (TPSA) is 36.9 Å². The molecule has 0 spiro atoms. The molecule has 1 aliphatic rings. The third-order valence-corrected chi connectivity index (χ3v) is 4.62. The molecule has 1 aliphatic carbocycles. The van der Waals surface area contributed by atoms with Gasteiger partial charge in [0.25, 0.3) is 0 Å². The SMILES string of the molecule is CN=C(NC1CC1c1ccccc1F)N(C)Cc1ccc(OC)c(F)c1. The van der Waals surface area contributed by atoms with E-state index in [4.69, 9.17) is 4.74 Å². The van der Waals surface area contributed by atoms with Crippen LogP contribution < -0.4 is 10.1 Å². The van der Waals surface area contributed by atoms with Gasteiger partial charge in [-0.25, -0.2) is 8.78 Å². The molecule has 0 aromatic heterocycles. The highest BCUT2D eigenvalue weighted by molar-refractivity contribution is 5.80. The lowest BCUT2D eigenvalue weighted by molar-refractivity contribution is 0.385. The van der Waals surface area contributed by atoms with Gasteiger partial charge < -0.3 is 15.0 Å². The summed E-state index contributed by atoms with van der Waals surface area (Å²) in [6, 6.07) is 11.9. The number of guanidine groups is 1. The number of aliphatic imine (C=N–C) groups is 1. The number of benzene rings is 2. The summed E-state index contributed by atoms with van der Waals surface area (Å²) in [5, 5.41) is 3.36. The van der Waals surface area contributed by atoms with Crippen molar-refractivity contribution >= 4 is 5.96 Å². The van der Waals surface area contributed by atoms with E-state index in [1.54, 1.807) is 19.2 Å². The summed E-state index contributed by atoms with van der Waals surface area (Å²) in [6.45, 7) is 0.498. The number of hydrogen-bond donors (Lipinski definition) is 1. The molecule has 138 valence electrons. The predicted octanol–water partition coefficient (Wildman–Crippen LogP) is 3.54. The van der Waals surface area contributed by atoms with Gasteiger partial charge in [0.05, 0.1) is 7.11 Å². The molecule has 26 heavy (non-hydrogen) atoms. The van der Waals surface area contributed by atoms with E-state index in [1.807, 2.05) is 30.1 Å². The summed E-state index contributed by atoms with van der Waals surface area (Å²) < 4.78 is 32.7. The van der Waals surface area contributed by atoms with Crippen molar-refractivity contribution in [2.75, 3.05) is 21.2 Å². The van der Waals surface area contributed by atoms with Crippen molar-refractivity contribution in [1.82, 2.24) is 10.2 Å². The highest BCUT2D eigenvalue weighted by Crippen LogP contribution is 2.41. The Hall–Kier alpha value is -2.63. The molecule has 2 atom stereocenters. The Bertz CT molecular complexity index is 809. The van der Waals surface area contributed by atoms with Crippen molar-refractivity contribution in [2.24, 2.45) is 4.99 Å². The predicted molar refractivity (Wildman–Crippen MR) is 98.5 cm³/mol. The summed E-state index contributed by atoms with van der Waals surface area (Å²) in [7, 11) is 5.03. The Labute approximate surface area is 152 Å². The third-order valence-electron chi connectivity index (χ3n) is 4.62. The van der Waals surface area contributed by atoms with E-state index in [9.17, 15) is 8.78 Å². The molecule has 0 aliphatic heterocycles. The Morgan fingerprint density at radius 1 is 1.23 bits per heavy atom. The van der Waals surface area contributed by atoms with Crippen LogP contribution in [0.25, 0.3) is 0 Å². The number of nitrogens with zero attached hydrogens (tertiary/aromatic N) is 2. The van der Waals surface area contributed by atoms with E-state index in [-0.39, 0.29) is 29.3 Å². The van der Waals surface area contributed by atoms with Crippen LogP contribution >= 0.6 is 0 Å². The van der Waals surface area contributed by atoms with E-state index in [0.717, 1.165) is 17.5 Å². The Balaban J connectivity index is 1.61. The zero-order valence-corrected chi connectivity index (χ0v) is 15.2. The minimum Gasteiger partial charge on any atom is -0.494 e. The van der Waals surface area contributed by atoms with Gasteiger partial charge in [-0.1, -0.05) is 24.3 Å². The minimum atomic E-state index is -0.386. The molecule has 0 heterocycles. The monoisotopic (exact) mass is 359 g/mol. The molecule has 3 rings (SSSR count). The fraction of sp³-hybridized carbons (Fsp3) is 0.350. The summed E-state index contributed by atoms with van der Waals surface area (Å²) in [4.78, 5) is 6.20. The molecule has 0 amide bonds. The van der Waals surface area contributed by atoms with Crippen LogP contribution in [-0.4, -0.2) is 38.1 Å². The van der Waals surface area contributed by atoms with Gasteiger partial charge in [0.1, 0.15) is 5.82 Å². The van der Waals surface area contributed by atoms with Crippen molar-refractivity contribution in [1.29, 1.82) is 0 Å². The molecule has 2 aromatic carbocycles. The average molecular weight is 359 g/mol. The van der Waals surface area contributed by atoms with Gasteiger partial charge in [-0.05, 0) is 35.7 Å². The minimum absolute atomic E-state index is 0.153. The van der Waals surface area contributed by atoms with E-state index < -0.39 is 0 Å². The van der Waals surface area contributed by atoms with Crippen molar-refractivity contribution in [2.45, 2.75) is 24.9 Å². The van der Waals surface area contributed by atoms with Crippen LogP contribution in [0.2, 0.25) is 0 Å². The lowest BCUT2D eigenvalue weighted by atomic mass is 10.1. The summed E-state index contributed by atoms with van der Waals surface area (Å²) in [5.74, 6) is 0.525. The molecule has 4 nitrogen and oxygen atoms in total. The zero-order valence-electron chi connectivity index (χ0n) is 15.2. The summed E-state index contributed by atoms with van der Waals surface area (Å²) in [5.41, 5.74) is 1.55. The number of hydrogen-bond acceptors (Lipinski definition) is 2. The zero-order chi connectivity index (χ0) is 18.7. The summed E-state index contributed by atoms with van der Waals surface area (Å²) >= 11 is 0. The van der Waals surface area contributed by atoms with E-state index >= 15 is 0 Å². The maximum atomic E-state index is 13.9. The van der Waals surface area contributed by atoms with E-state index in [1.165, 1.54) is 19.2 Å². The molecular formula is C20H23F2N3O. The molecule has 6 heteroatoms. The highest BCUT2D eigenvalue weighted by Gasteiger charge is 2.40. The third kappa shape index (κ3) is 3.95. The van der Waals surface area contributed by atoms with E-state index in [2.05, 4.69) is 10.3 Å². The molecule has 0 radical (unpaired) electrons. The number of rotatable bonds is 5. The van der Waals surface area contributed by atoms with Gasteiger partial charge in [0.15, 0.2) is 17.5 Å². The lowest BCUT2D eigenvalue weighted by Crippen LogP contribution is -2.40. The number of nitrogens with one attached hydrogen (secondary N) is 1. The molecular weight excluding hydrogens is 336 g/mol. The fourth-order valence-corrected chi connectivity index (χ4v) is 3.14. The number of ether oxygens (including phenoxy) is 1. The number of methoxy groups -OCH3 is 1. The highest BCUT2D eigenvalue weighted by atomic mass is 19.1. The van der Waals surface area contributed by atoms with Crippen LogP contribution in [0.1, 0.15) is 23.5 Å². The smallest absolute Gasteiger partial charge is 0.193 e. The van der Waals surface area contributed by atoms with Crippen molar-refractivity contribution in [3.63, 3.8) is 0 Å². The maximum Gasteiger partial charge on any atom is 0.193 e. The first-order valence-corrected chi connectivity index (χ1v) is 8.54. The summed E-state index contributed by atoms with van der Waals surface area (Å²) in [6.07, 6.45) is 0.866. The van der Waals surface area contributed by atoms with Gasteiger partial charge in [0.2, 0.25) is 0 Å². The molecule has 1 fully saturated rings. The first kappa shape index (κ1) is 18.2. The average Bonchev–Trinajstić information content (AvgIpc) is 3.39. The van der Waals surface area contributed by atoms with Gasteiger partial charge in [-0.3, -0.25) is 4.99 Å². The second kappa shape index (κ2) is 7.72. The Morgan fingerprint density at radius 2 is 2.00 bits per heavy atom. The quantitative estimate of drug-likeness (QED) is 0.655. The van der Waals surface area contributed by atoms with Gasteiger partial charge >= 0.3 is 0 Å². The normalized spacial score (nSPS) is 19.2. The van der Waals surface area contributed by atoms with Gasteiger partial charge in [-0.15, -0.1) is 0 Å². The van der Waals surface area contributed by atoms with Crippen LogP contribution in [0.15, 0.2) is 47.5 Å². The largest absolute Gasteiger partial charge is 0.494 e. The first-order valence-electron chi connectivity index (χ1n) is 8.54.